The predicted molar refractivity (Wildman–Crippen MR) is 101 cm³/mol. The average Bonchev–Trinajstić information content (AvgIpc) is 3.23. The molecule has 2 saturated heterocycles. The number of benzene rings is 1. The Labute approximate surface area is 158 Å². The minimum absolute atomic E-state index is 0.0105. The number of fused-ring (bicyclic) bond motifs is 1. The van der Waals surface area contributed by atoms with E-state index in [1.165, 1.54) is 12.1 Å². The van der Waals surface area contributed by atoms with Crippen LogP contribution >= 0.6 is 0 Å². The first-order valence-corrected chi connectivity index (χ1v) is 9.42. The standard InChI is InChI=1S/C20H25FN4O2/c1-12(2)9-23-16-10-26-19-17(11-27-18(16)19)25-20-22-7-6-15(24-20)13-4-3-5-14(21)8-13/h3-8,12,16-19,23H,9-11H2,1-2H3,(H,22,24,25). The van der Waals surface area contributed by atoms with Gasteiger partial charge in [0.25, 0.3) is 0 Å². The number of nitrogens with one attached hydrogen (secondary N) is 2. The third-order valence-electron chi connectivity index (χ3n) is 4.93. The molecule has 2 aliphatic rings. The molecule has 0 bridgehead atoms. The van der Waals surface area contributed by atoms with E-state index in [9.17, 15) is 4.39 Å². The van der Waals surface area contributed by atoms with E-state index >= 15 is 0 Å². The molecule has 2 fully saturated rings. The van der Waals surface area contributed by atoms with Gasteiger partial charge in [-0.3, -0.25) is 0 Å². The molecule has 4 rings (SSSR count). The van der Waals surface area contributed by atoms with Crippen molar-refractivity contribution in [2.45, 2.75) is 38.1 Å². The fourth-order valence-electron chi connectivity index (χ4n) is 3.59. The molecule has 3 heterocycles. The Morgan fingerprint density at radius 2 is 1.93 bits per heavy atom. The summed E-state index contributed by atoms with van der Waals surface area (Å²) in [6.07, 6.45) is 1.68. The molecule has 0 amide bonds. The second kappa shape index (κ2) is 7.88. The highest BCUT2D eigenvalue weighted by Crippen LogP contribution is 2.29. The van der Waals surface area contributed by atoms with E-state index in [2.05, 4.69) is 34.4 Å². The van der Waals surface area contributed by atoms with Crippen LogP contribution in [0.3, 0.4) is 0 Å². The summed E-state index contributed by atoms with van der Waals surface area (Å²) in [4.78, 5) is 8.83. The van der Waals surface area contributed by atoms with Crippen molar-refractivity contribution >= 4 is 5.95 Å². The number of hydrogen-bond acceptors (Lipinski definition) is 6. The van der Waals surface area contributed by atoms with Gasteiger partial charge in [0.15, 0.2) is 0 Å². The number of halogens is 1. The highest BCUT2D eigenvalue weighted by molar-refractivity contribution is 5.59. The van der Waals surface area contributed by atoms with Gasteiger partial charge in [-0.15, -0.1) is 0 Å². The van der Waals surface area contributed by atoms with Crippen LogP contribution in [0.15, 0.2) is 36.5 Å². The van der Waals surface area contributed by atoms with E-state index in [0.29, 0.717) is 30.8 Å². The normalized spacial score (nSPS) is 27.1. The van der Waals surface area contributed by atoms with Crippen LogP contribution < -0.4 is 10.6 Å². The Morgan fingerprint density at radius 3 is 2.70 bits per heavy atom. The van der Waals surface area contributed by atoms with E-state index in [4.69, 9.17) is 9.47 Å². The number of anilines is 1. The molecule has 2 aromatic rings. The van der Waals surface area contributed by atoms with Crippen LogP contribution in [-0.2, 0) is 9.47 Å². The Balaban J connectivity index is 1.42. The van der Waals surface area contributed by atoms with Crippen molar-refractivity contribution in [3.8, 4) is 11.3 Å². The first-order valence-electron chi connectivity index (χ1n) is 9.42. The molecule has 144 valence electrons. The summed E-state index contributed by atoms with van der Waals surface area (Å²) < 4.78 is 25.4. The van der Waals surface area contributed by atoms with Crippen LogP contribution in [0.4, 0.5) is 10.3 Å². The van der Waals surface area contributed by atoms with Gasteiger partial charge in [0, 0.05) is 11.8 Å². The molecular weight excluding hydrogens is 347 g/mol. The zero-order valence-electron chi connectivity index (χ0n) is 15.6. The quantitative estimate of drug-likeness (QED) is 0.812. The molecule has 0 saturated carbocycles. The van der Waals surface area contributed by atoms with Crippen LogP contribution in [0.5, 0.6) is 0 Å². The topological polar surface area (TPSA) is 68.3 Å². The molecule has 7 heteroatoms. The van der Waals surface area contributed by atoms with E-state index in [0.717, 1.165) is 12.1 Å². The van der Waals surface area contributed by atoms with Crippen LogP contribution in [0.25, 0.3) is 11.3 Å². The summed E-state index contributed by atoms with van der Waals surface area (Å²) in [7, 11) is 0. The largest absolute Gasteiger partial charge is 0.371 e. The summed E-state index contributed by atoms with van der Waals surface area (Å²) in [6, 6.07) is 8.35. The molecule has 4 atom stereocenters. The van der Waals surface area contributed by atoms with Crippen molar-refractivity contribution < 1.29 is 13.9 Å². The molecule has 0 radical (unpaired) electrons. The second-order valence-corrected chi connectivity index (χ2v) is 7.53. The maximum atomic E-state index is 13.5. The van der Waals surface area contributed by atoms with E-state index in [-0.39, 0.29) is 30.1 Å². The zero-order valence-corrected chi connectivity index (χ0v) is 15.6. The van der Waals surface area contributed by atoms with Gasteiger partial charge in [0.05, 0.1) is 31.0 Å². The van der Waals surface area contributed by atoms with E-state index in [1.807, 2.05) is 6.07 Å². The smallest absolute Gasteiger partial charge is 0.223 e. The Hall–Kier alpha value is -2.09. The maximum absolute atomic E-state index is 13.5. The lowest BCUT2D eigenvalue weighted by molar-refractivity contribution is 0.0674. The highest BCUT2D eigenvalue weighted by Gasteiger charge is 2.47. The summed E-state index contributed by atoms with van der Waals surface area (Å²) in [5, 5.41) is 6.86. The van der Waals surface area contributed by atoms with Gasteiger partial charge >= 0.3 is 0 Å². The minimum atomic E-state index is -0.285. The van der Waals surface area contributed by atoms with Crippen molar-refractivity contribution in [1.82, 2.24) is 15.3 Å². The lowest BCUT2D eigenvalue weighted by atomic mass is 10.1. The van der Waals surface area contributed by atoms with Crippen molar-refractivity contribution in [2.75, 3.05) is 25.1 Å². The van der Waals surface area contributed by atoms with Gasteiger partial charge < -0.3 is 20.1 Å². The fraction of sp³-hybridized carbons (Fsp3) is 0.500. The number of nitrogens with zero attached hydrogens (tertiary/aromatic N) is 2. The monoisotopic (exact) mass is 372 g/mol. The zero-order chi connectivity index (χ0) is 18.8. The number of aromatic nitrogens is 2. The van der Waals surface area contributed by atoms with Gasteiger partial charge in [-0.25, -0.2) is 14.4 Å². The molecule has 4 unspecified atom stereocenters. The third kappa shape index (κ3) is 4.10. The van der Waals surface area contributed by atoms with Crippen LogP contribution in [0.2, 0.25) is 0 Å². The van der Waals surface area contributed by atoms with Crippen LogP contribution in [0.1, 0.15) is 13.8 Å². The highest BCUT2D eigenvalue weighted by atomic mass is 19.1. The van der Waals surface area contributed by atoms with Crippen LogP contribution in [-0.4, -0.2) is 54.0 Å². The fourth-order valence-corrected chi connectivity index (χ4v) is 3.59. The number of ether oxygens (including phenoxy) is 2. The number of rotatable bonds is 6. The maximum Gasteiger partial charge on any atom is 0.223 e. The first-order chi connectivity index (χ1) is 13.1. The number of hydrogen-bond donors (Lipinski definition) is 2. The lowest BCUT2D eigenvalue weighted by Crippen LogP contribution is -2.43. The van der Waals surface area contributed by atoms with Gasteiger partial charge in [-0.1, -0.05) is 26.0 Å². The molecule has 0 aliphatic carbocycles. The third-order valence-corrected chi connectivity index (χ3v) is 4.93. The molecule has 6 nitrogen and oxygen atoms in total. The second-order valence-electron chi connectivity index (χ2n) is 7.53. The molecular formula is C20H25FN4O2. The summed E-state index contributed by atoms with van der Waals surface area (Å²) in [6.45, 7) is 6.50. The predicted octanol–water partition coefficient (Wildman–Crippen LogP) is 2.47. The molecule has 0 spiro atoms. The first kappa shape index (κ1) is 18.3. The molecule has 1 aromatic carbocycles. The van der Waals surface area contributed by atoms with Gasteiger partial charge in [0.1, 0.15) is 18.0 Å². The SMILES string of the molecule is CC(C)CNC1COC2C(Nc3nccc(-c4cccc(F)c4)n3)COC12. The summed E-state index contributed by atoms with van der Waals surface area (Å²) in [5.41, 5.74) is 1.39. The van der Waals surface area contributed by atoms with E-state index in [1.54, 1.807) is 18.3 Å². The Kier molecular flexibility index (Phi) is 5.33. The van der Waals surface area contributed by atoms with Gasteiger partial charge in [0.2, 0.25) is 5.95 Å². The summed E-state index contributed by atoms with van der Waals surface area (Å²) >= 11 is 0. The minimum Gasteiger partial charge on any atom is -0.371 e. The molecule has 27 heavy (non-hydrogen) atoms. The van der Waals surface area contributed by atoms with Crippen molar-refractivity contribution in [1.29, 1.82) is 0 Å². The lowest BCUT2D eigenvalue weighted by Gasteiger charge is -2.19. The van der Waals surface area contributed by atoms with E-state index < -0.39 is 0 Å². The Bertz CT molecular complexity index is 788. The average molecular weight is 372 g/mol. The summed E-state index contributed by atoms with van der Waals surface area (Å²) in [5.74, 6) is 0.790. The van der Waals surface area contributed by atoms with Gasteiger partial charge in [-0.2, -0.15) is 0 Å². The molecule has 2 aliphatic heterocycles. The van der Waals surface area contributed by atoms with Crippen LogP contribution in [0, 0.1) is 11.7 Å². The molecule has 1 aromatic heterocycles. The van der Waals surface area contributed by atoms with Crippen molar-refractivity contribution in [3.63, 3.8) is 0 Å². The van der Waals surface area contributed by atoms with Gasteiger partial charge in [-0.05, 0) is 30.7 Å². The van der Waals surface area contributed by atoms with Crippen molar-refractivity contribution in [2.24, 2.45) is 5.92 Å². The van der Waals surface area contributed by atoms with Crippen molar-refractivity contribution in [3.05, 3.63) is 42.3 Å². The molecule has 2 N–H and O–H groups in total. The Morgan fingerprint density at radius 1 is 1.15 bits per heavy atom.